The lowest BCUT2D eigenvalue weighted by Gasteiger charge is -2.47. The molecule has 5 rings (SSSR count). The molecule has 1 aromatic heterocycles. The zero-order chi connectivity index (χ0) is 23.0. The summed E-state index contributed by atoms with van der Waals surface area (Å²) in [5.74, 6) is 0.272. The van der Waals surface area contributed by atoms with Crippen molar-refractivity contribution in [2.75, 3.05) is 19.7 Å². The Kier molecular flexibility index (Phi) is 5.89. The molecular weight excluding hydrogens is 442 g/mol. The van der Waals surface area contributed by atoms with E-state index in [4.69, 9.17) is 20.8 Å². The van der Waals surface area contributed by atoms with Gasteiger partial charge in [0.05, 0.1) is 10.6 Å². The normalized spacial score (nSPS) is 22.7. The van der Waals surface area contributed by atoms with Crippen molar-refractivity contribution in [2.24, 2.45) is 5.92 Å². The van der Waals surface area contributed by atoms with Crippen LogP contribution in [0.4, 0.5) is 0 Å². The van der Waals surface area contributed by atoms with Gasteiger partial charge in [-0.15, -0.1) is 0 Å². The Hall–Kier alpha value is -2.83. The molecule has 0 radical (unpaired) electrons. The average Bonchev–Trinajstić information content (AvgIpc) is 2.82. The molecule has 1 N–H and O–H groups in total. The number of amides is 1. The zero-order valence-corrected chi connectivity index (χ0v) is 19.0. The van der Waals surface area contributed by atoms with Crippen LogP contribution in [0.5, 0.6) is 5.75 Å². The van der Waals surface area contributed by atoms with E-state index in [1.165, 1.54) is 6.07 Å². The molecule has 2 heterocycles. The van der Waals surface area contributed by atoms with E-state index < -0.39 is 11.2 Å². The fourth-order valence-corrected chi connectivity index (χ4v) is 5.38. The second-order valence-electron chi connectivity index (χ2n) is 9.05. The van der Waals surface area contributed by atoms with Gasteiger partial charge in [0.25, 0.3) is 5.91 Å². The van der Waals surface area contributed by atoms with Crippen LogP contribution in [-0.2, 0) is 4.79 Å². The molecular formula is C26H26ClNO5. The lowest BCUT2D eigenvalue weighted by molar-refractivity contribution is -0.145. The number of hydrogen-bond donors (Lipinski definition) is 1. The summed E-state index contributed by atoms with van der Waals surface area (Å²) in [7, 11) is 0. The molecule has 1 saturated heterocycles. The van der Waals surface area contributed by atoms with Crippen LogP contribution in [0.3, 0.4) is 0 Å². The number of carbonyl (C=O) groups excluding carboxylic acids is 1. The summed E-state index contributed by atoms with van der Waals surface area (Å²) in [6.07, 6.45) is 4.51. The molecule has 33 heavy (non-hydrogen) atoms. The molecule has 172 valence electrons. The highest BCUT2D eigenvalue weighted by molar-refractivity contribution is 6.33. The fourth-order valence-electron chi connectivity index (χ4n) is 5.16. The first-order valence-corrected chi connectivity index (χ1v) is 11.8. The molecule has 2 atom stereocenters. The number of likely N-dealkylation sites (tertiary alicyclic amines) is 1. The largest absolute Gasteiger partial charge is 0.482 e. The van der Waals surface area contributed by atoms with Crippen LogP contribution in [0.2, 0.25) is 5.02 Å². The van der Waals surface area contributed by atoms with Gasteiger partial charge in [-0.1, -0.05) is 54.8 Å². The summed E-state index contributed by atoms with van der Waals surface area (Å²) >= 11 is 6.48. The fraction of sp³-hybridized carbons (Fsp3) is 0.385. The Labute approximate surface area is 196 Å². The van der Waals surface area contributed by atoms with Gasteiger partial charge in [-0.2, -0.15) is 0 Å². The van der Waals surface area contributed by atoms with Crippen LogP contribution >= 0.6 is 11.6 Å². The zero-order valence-electron chi connectivity index (χ0n) is 18.3. The first-order chi connectivity index (χ1) is 15.9. The maximum atomic E-state index is 12.8. The molecule has 1 aliphatic carbocycles. The van der Waals surface area contributed by atoms with Crippen molar-refractivity contribution in [1.29, 1.82) is 0 Å². The van der Waals surface area contributed by atoms with E-state index in [0.29, 0.717) is 35.5 Å². The van der Waals surface area contributed by atoms with Crippen LogP contribution in [0.1, 0.15) is 32.1 Å². The molecule has 6 nitrogen and oxygen atoms in total. The standard InChI is InChI=1S/C26H26ClNO5/c27-21-12-20-19(17-6-2-1-3-7-17)13-25(30)33-22(20)14-23(21)32-16-24(29)28-11-10-26(31)9-5-4-8-18(26)15-28/h1-3,6-7,12-14,18,31H,4-5,8-11,15-16H2/t18-,26+/m1/s1. The number of piperidine rings is 1. The molecule has 2 aliphatic rings. The van der Waals surface area contributed by atoms with Crippen LogP contribution in [0.25, 0.3) is 22.1 Å². The van der Waals surface area contributed by atoms with Crippen LogP contribution < -0.4 is 10.4 Å². The molecule has 0 unspecified atom stereocenters. The predicted octanol–water partition coefficient (Wildman–Crippen LogP) is 4.65. The van der Waals surface area contributed by atoms with Crippen molar-refractivity contribution in [1.82, 2.24) is 4.90 Å². The summed E-state index contributed by atoms with van der Waals surface area (Å²) in [6.45, 7) is 0.911. The Balaban J connectivity index is 1.34. The third-order valence-electron chi connectivity index (χ3n) is 7.01. The van der Waals surface area contributed by atoms with Gasteiger partial charge in [0.2, 0.25) is 0 Å². The maximum absolute atomic E-state index is 12.8. The SMILES string of the molecule is O=C(COc1cc2oc(=O)cc(-c3ccccc3)c2cc1Cl)N1CC[C@@]2(O)CCCC[C@@H]2C1. The van der Waals surface area contributed by atoms with E-state index in [1.807, 2.05) is 30.3 Å². The van der Waals surface area contributed by atoms with Crippen LogP contribution in [-0.4, -0.2) is 41.2 Å². The molecule has 1 aliphatic heterocycles. The van der Waals surface area contributed by atoms with Gasteiger partial charge in [-0.3, -0.25) is 4.79 Å². The van der Waals surface area contributed by atoms with Crippen molar-refractivity contribution in [3.8, 4) is 16.9 Å². The van der Waals surface area contributed by atoms with E-state index >= 15 is 0 Å². The minimum atomic E-state index is -0.633. The highest BCUT2D eigenvalue weighted by Gasteiger charge is 2.43. The third kappa shape index (κ3) is 4.37. The molecule has 2 fully saturated rings. The van der Waals surface area contributed by atoms with Gasteiger partial charge in [0.1, 0.15) is 11.3 Å². The number of carbonyl (C=O) groups is 1. The number of rotatable bonds is 4. The highest BCUT2D eigenvalue weighted by atomic mass is 35.5. The first kappa shape index (κ1) is 22.0. The minimum Gasteiger partial charge on any atom is -0.482 e. The van der Waals surface area contributed by atoms with Crippen molar-refractivity contribution < 1.29 is 19.1 Å². The number of aliphatic hydroxyl groups is 1. The quantitative estimate of drug-likeness (QED) is 0.565. The topological polar surface area (TPSA) is 80.0 Å². The smallest absolute Gasteiger partial charge is 0.336 e. The number of fused-ring (bicyclic) bond motifs is 2. The third-order valence-corrected chi connectivity index (χ3v) is 7.31. The summed E-state index contributed by atoms with van der Waals surface area (Å²) in [4.78, 5) is 26.8. The van der Waals surface area contributed by atoms with Gasteiger partial charge in [0, 0.05) is 36.5 Å². The second kappa shape index (κ2) is 8.84. The maximum Gasteiger partial charge on any atom is 0.336 e. The van der Waals surface area contributed by atoms with Crippen LogP contribution in [0, 0.1) is 5.92 Å². The lowest BCUT2D eigenvalue weighted by Crippen LogP contribution is -2.55. The second-order valence-corrected chi connectivity index (χ2v) is 9.46. The summed E-state index contributed by atoms with van der Waals surface area (Å²) < 4.78 is 11.2. The van der Waals surface area contributed by atoms with Gasteiger partial charge in [-0.05, 0) is 36.5 Å². The molecule has 1 saturated carbocycles. The minimum absolute atomic E-state index is 0.124. The first-order valence-electron chi connectivity index (χ1n) is 11.4. The van der Waals surface area contributed by atoms with Crippen molar-refractivity contribution in [3.05, 3.63) is 64.0 Å². The van der Waals surface area contributed by atoms with E-state index in [0.717, 1.165) is 36.8 Å². The number of hydrogen-bond acceptors (Lipinski definition) is 5. The summed E-state index contributed by atoms with van der Waals surface area (Å²) in [5, 5.41) is 11.9. The predicted molar refractivity (Wildman–Crippen MR) is 127 cm³/mol. The van der Waals surface area contributed by atoms with Crippen molar-refractivity contribution >= 4 is 28.5 Å². The summed E-state index contributed by atoms with van der Waals surface area (Å²) in [6, 6.07) is 14.2. The molecule has 2 aromatic carbocycles. The Morgan fingerprint density at radius 2 is 2.00 bits per heavy atom. The van der Waals surface area contributed by atoms with Crippen LogP contribution in [0.15, 0.2) is 57.7 Å². The molecule has 1 amide bonds. The van der Waals surface area contributed by atoms with E-state index in [9.17, 15) is 14.7 Å². The van der Waals surface area contributed by atoms with Gasteiger partial charge < -0.3 is 19.2 Å². The molecule has 3 aromatic rings. The van der Waals surface area contributed by atoms with Gasteiger partial charge in [0.15, 0.2) is 6.61 Å². The Morgan fingerprint density at radius 3 is 2.82 bits per heavy atom. The molecule has 0 spiro atoms. The highest BCUT2D eigenvalue weighted by Crippen LogP contribution is 2.40. The van der Waals surface area contributed by atoms with Gasteiger partial charge >= 0.3 is 5.63 Å². The monoisotopic (exact) mass is 467 g/mol. The average molecular weight is 468 g/mol. The van der Waals surface area contributed by atoms with E-state index in [-0.39, 0.29) is 24.2 Å². The summed E-state index contributed by atoms with van der Waals surface area (Å²) in [5.41, 5.74) is 0.839. The Bertz CT molecular complexity index is 1240. The van der Waals surface area contributed by atoms with E-state index in [1.54, 1.807) is 17.0 Å². The number of benzene rings is 2. The van der Waals surface area contributed by atoms with E-state index in [2.05, 4.69) is 0 Å². The molecule has 0 bridgehead atoms. The number of nitrogens with zero attached hydrogens (tertiary/aromatic N) is 1. The molecule has 7 heteroatoms. The number of ether oxygens (including phenoxy) is 1. The Morgan fingerprint density at radius 1 is 1.18 bits per heavy atom. The van der Waals surface area contributed by atoms with Crippen molar-refractivity contribution in [2.45, 2.75) is 37.7 Å². The van der Waals surface area contributed by atoms with Crippen molar-refractivity contribution in [3.63, 3.8) is 0 Å². The lowest BCUT2D eigenvalue weighted by atomic mass is 9.71. The number of halogens is 1. The van der Waals surface area contributed by atoms with Gasteiger partial charge in [-0.25, -0.2) is 4.79 Å².